The van der Waals surface area contributed by atoms with Gasteiger partial charge >= 0.3 is 0 Å². The number of aromatic nitrogens is 5. The summed E-state index contributed by atoms with van der Waals surface area (Å²) in [6, 6.07) is 6.40. The first-order chi connectivity index (χ1) is 13.5. The number of fused-ring (bicyclic) bond motifs is 2. The summed E-state index contributed by atoms with van der Waals surface area (Å²) in [6.07, 6.45) is 6.74. The van der Waals surface area contributed by atoms with E-state index in [1.54, 1.807) is 11.6 Å². The Kier molecular flexibility index (Phi) is 3.65. The molecule has 0 radical (unpaired) electrons. The SMILES string of the molecule is CC(=O)N1CCc2c(c(-c3c[nH]c4cc(-c5cnn(C)c5)ccc34)nn2C)C1. The van der Waals surface area contributed by atoms with Crippen LogP contribution in [0.3, 0.4) is 0 Å². The number of aryl methyl sites for hydroxylation is 2. The van der Waals surface area contributed by atoms with E-state index in [-0.39, 0.29) is 5.91 Å². The number of amides is 1. The fraction of sp³-hybridized carbons (Fsp3) is 0.286. The number of nitrogens with zero attached hydrogens (tertiary/aromatic N) is 5. The minimum Gasteiger partial charge on any atom is -0.360 e. The molecule has 0 saturated heterocycles. The van der Waals surface area contributed by atoms with Gasteiger partial charge in [0.25, 0.3) is 0 Å². The molecule has 7 nitrogen and oxygen atoms in total. The molecule has 0 spiro atoms. The molecule has 1 aliphatic heterocycles. The average molecular weight is 374 g/mol. The van der Waals surface area contributed by atoms with Gasteiger partial charge in [-0.25, -0.2) is 0 Å². The zero-order chi connectivity index (χ0) is 19.4. The topological polar surface area (TPSA) is 71.7 Å². The predicted molar refractivity (Wildman–Crippen MR) is 107 cm³/mol. The zero-order valence-electron chi connectivity index (χ0n) is 16.2. The maximum Gasteiger partial charge on any atom is 0.219 e. The Hall–Kier alpha value is -3.35. The Morgan fingerprint density at radius 1 is 1.21 bits per heavy atom. The van der Waals surface area contributed by atoms with Gasteiger partial charge in [0, 0.05) is 86.2 Å². The van der Waals surface area contributed by atoms with Crippen molar-refractivity contribution in [3.05, 3.63) is 48.0 Å². The quantitative estimate of drug-likeness (QED) is 0.586. The van der Waals surface area contributed by atoms with Crippen molar-refractivity contribution in [2.24, 2.45) is 14.1 Å². The summed E-state index contributed by atoms with van der Waals surface area (Å²) < 4.78 is 3.77. The first kappa shape index (κ1) is 16.8. The lowest BCUT2D eigenvalue weighted by Crippen LogP contribution is -2.34. The van der Waals surface area contributed by atoms with E-state index in [4.69, 9.17) is 5.10 Å². The summed E-state index contributed by atoms with van der Waals surface area (Å²) in [6.45, 7) is 3.00. The van der Waals surface area contributed by atoms with Gasteiger partial charge in [-0.1, -0.05) is 12.1 Å². The lowest BCUT2D eigenvalue weighted by atomic mass is 9.99. The summed E-state index contributed by atoms with van der Waals surface area (Å²) >= 11 is 0. The fourth-order valence-electron chi connectivity index (χ4n) is 4.15. The molecule has 1 amide bonds. The minimum atomic E-state index is 0.112. The van der Waals surface area contributed by atoms with Crippen molar-refractivity contribution in [1.82, 2.24) is 29.4 Å². The second kappa shape index (κ2) is 6.09. The first-order valence-electron chi connectivity index (χ1n) is 9.42. The van der Waals surface area contributed by atoms with Crippen molar-refractivity contribution in [3.8, 4) is 22.4 Å². The summed E-state index contributed by atoms with van der Waals surface area (Å²) in [7, 11) is 3.91. The Morgan fingerprint density at radius 2 is 2.07 bits per heavy atom. The molecule has 0 atom stereocenters. The van der Waals surface area contributed by atoms with E-state index in [1.165, 1.54) is 5.69 Å². The number of nitrogens with one attached hydrogen (secondary N) is 1. The van der Waals surface area contributed by atoms with Crippen molar-refractivity contribution in [3.63, 3.8) is 0 Å². The lowest BCUT2D eigenvalue weighted by Gasteiger charge is -2.26. The van der Waals surface area contributed by atoms with Gasteiger partial charge in [0.15, 0.2) is 0 Å². The Morgan fingerprint density at radius 3 is 2.82 bits per heavy atom. The molecule has 142 valence electrons. The maximum atomic E-state index is 11.9. The Bertz CT molecular complexity index is 1210. The van der Waals surface area contributed by atoms with E-state index in [0.717, 1.165) is 51.8 Å². The maximum absolute atomic E-state index is 11.9. The lowest BCUT2D eigenvalue weighted by molar-refractivity contribution is -0.129. The predicted octanol–water partition coefficient (Wildman–Crippen LogP) is 2.87. The number of carbonyl (C=O) groups is 1. The van der Waals surface area contributed by atoms with Crippen LogP contribution >= 0.6 is 0 Å². The molecule has 0 bridgehead atoms. The largest absolute Gasteiger partial charge is 0.360 e. The van der Waals surface area contributed by atoms with Crippen LogP contribution in [0.4, 0.5) is 0 Å². The van der Waals surface area contributed by atoms with Crippen molar-refractivity contribution < 1.29 is 4.79 Å². The van der Waals surface area contributed by atoms with Crippen molar-refractivity contribution >= 4 is 16.8 Å². The van der Waals surface area contributed by atoms with E-state index >= 15 is 0 Å². The van der Waals surface area contributed by atoms with Gasteiger partial charge in [-0.15, -0.1) is 0 Å². The van der Waals surface area contributed by atoms with Crippen molar-refractivity contribution in [1.29, 1.82) is 0 Å². The van der Waals surface area contributed by atoms with Crippen LogP contribution < -0.4 is 0 Å². The van der Waals surface area contributed by atoms with Gasteiger partial charge in [0.1, 0.15) is 0 Å². The van der Waals surface area contributed by atoms with Gasteiger partial charge in [0.2, 0.25) is 5.91 Å². The standard InChI is InChI=1S/C21H22N6O/c1-13(28)27-7-6-20-18(12-27)21(24-26(20)3)17-10-22-19-8-14(4-5-16(17)19)15-9-23-25(2)11-15/h4-5,8-11,22H,6-7,12H2,1-3H3. The highest BCUT2D eigenvalue weighted by Gasteiger charge is 2.26. The minimum absolute atomic E-state index is 0.112. The van der Waals surface area contributed by atoms with Crippen LogP contribution in [-0.2, 0) is 31.9 Å². The summed E-state index contributed by atoms with van der Waals surface area (Å²) in [5, 5.41) is 10.2. The van der Waals surface area contributed by atoms with Gasteiger partial charge in [-0.3, -0.25) is 14.2 Å². The summed E-state index contributed by atoms with van der Waals surface area (Å²) in [5.41, 5.74) is 7.69. The van der Waals surface area contributed by atoms with E-state index in [1.807, 2.05) is 42.3 Å². The normalized spacial score (nSPS) is 13.9. The summed E-state index contributed by atoms with van der Waals surface area (Å²) in [4.78, 5) is 17.2. The number of hydrogen-bond donors (Lipinski definition) is 1. The van der Waals surface area contributed by atoms with Crippen molar-refractivity contribution in [2.75, 3.05) is 6.54 Å². The molecule has 5 rings (SSSR count). The molecule has 0 saturated carbocycles. The third-order valence-corrected chi connectivity index (χ3v) is 5.66. The van der Waals surface area contributed by atoms with Gasteiger partial charge < -0.3 is 9.88 Å². The molecule has 0 aliphatic carbocycles. The molecular formula is C21H22N6O. The first-order valence-corrected chi connectivity index (χ1v) is 9.42. The van der Waals surface area contributed by atoms with Gasteiger partial charge in [0.05, 0.1) is 11.9 Å². The van der Waals surface area contributed by atoms with Gasteiger partial charge in [-0.2, -0.15) is 10.2 Å². The highest BCUT2D eigenvalue weighted by Crippen LogP contribution is 2.35. The molecule has 0 fully saturated rings. The van der Waals surface area contributed by atoms with Crippen LogP contribution in [0, 0.1) is 0 Å². The molecule has 4 heterocycles. The number of carbonyl (C=O) groups excluding carboxylic acids is 1. The highest BCUT2D eigenvalue weighted by atomic mass is 16.2. The highest BCUT2D eigenvalue weighted by molar-refractivity contribution is 5.97. The average Bonchev–Trinajstić information content (AvgIpc) is 3.38. The fourth-order valence-corrected chi connectivity index (χ4v) is 4.15. The monoisotopic (exact) mass is 374 g/mol. The number of hydrogen-bond acceptors (Lipinski definition) is 3. The van der Waals surface area contributed by atoms with Crippen LogP contribution in [0.25, 0.3) is 33.3 Å². The number of aromatic amines is 1. The van der Waals surface area contributed by atoms with Crippen LogP contribution in [0.15, 0.2) is 36.8 Å². The third kappa shape index (κ3) is 2.54. The molecule has 0 unspecified atom stereocenters. The molecule has 4 aromatic rings. The molecule has 1 N–H and O–H groups in total. The molecular weight excluding hydrogens is 352 g/mol. The number of benzene rings is 1. The Balaban J connectivity index is 1.60. The second-order valence-electron chi connectivity index (χ2n) is 7.45. The Labute approximate surface area is 162 Å². The van der Waals surface area contributed by atoms with Crippen LogP contribution in [-0.4, -0.2) is 41.9 Å². The third-order valence-electron chi connectivity index (χ3n) is 5.66. The molecule has 7 heteroatoms. The number of rotatable bonds is 2. The van der Waals surface area contributed by atoms with Crippen LogP contribution in [0.1, 0.15) is 18.2 Å². The van der Waals surface area contributed by atoms with Gasteiger partial charge in [-0.05, 0) is 11.6 Å². The number of H-pyrrole nitrogens is 1. The van der Waals surface area contributed by atoms with Crippen LogP contribution in [0.2, 0.25) is 0 Å². The van der Waals surface area contributed by atoms with E-state index in [2.05, 4.69) is 28.3 Å². The van der Waals surface area contributed by atoms with Crippen molar-refractivity contribution in [2.45, 2.75) is 19.9 Å². The summed E-state index contributed by atoms with van der Waals surface area (Å²) in [5.74, 6) is 0.112. The van der Waals surface area contributed by atoms with E-state index < -0.39 is 0 Å². The molecule has 28 heavy (non-hydrogen) atoms. The zero-order valence-corrected chi connectivity index (χ0v) is 16.2. The van der Waals surface area contributed by atoms with Crippen LogP contribution in [0.5, 0.6) is 0 Å². The smallest absolute Gasteiger partial charge is 0.219 e. The van der Waals surface area contributed by atoms with E-state index in [9.17, 15) is 4.79 Å². The molecule has 3 aromatic heterocycles. The molecule has 1 aliphatic rings. The van der Waals surface area contributed by atoms with E-state index in [0.29, 0.717) is 6.54 Å². The second-order valence-corrected chi connectivity index (χ2v) is 7.45. The molecule has 1 aromatic carbocycles.